The highest BCUT2D eigenvalue weighted by atomic mass is 35.5. The average Bonchev–Trinajstić information content (AvgIpc) is 3.10. The molecule has 2 heterocycles. The Balaban J connectivity index is 1.32. The normalized spacial score (nSPS) is 14.2. The van der Waals surface area contributed by atoms with Crippen LogP contribution in [0, 0.1) is 0 Å². The second-order valence-electron chi connectivity index (χ2n) is 6.60. The van der Waals surface area contributed by atoms with E-state index in [0.29, 0.717) is 36.0 Å². The highest BCUT2D eigenvalue weighted by Gasteiger charge is 2.32. The van der Waals surface area contributed by atoms with Crippen molar-refractivity contribution in [2.24, 2.45) is 0 Å². The van der Waals surface area contributed by atoms with Crippen LogP contribution in [0.2, 0.25) is 10.0 Å². The first-order valence-electron chi connectivity index (χ1n) is 8.80. The molecule has 3 aromatic rings. The third-order valence-electron chi connectivity index (χ3n) is 4.82. The van der Waals surface area contributed by atoms with Crippen LogP contribution in [-0.4, -0.2) is 38.9 Å². The molecule has 0 bridgehead atoms. The van der Waals surface area contributed by atoms with Crippen molar-refractivity contribution in [3.05, 3.63) is 70.3 Å². The van der Waals surface area contributed by atoms with Crippen molar-refractivity contribution < 1.29 is 4.79 Å². The molecule has 0 radical (unpaired) electrons. The molecule has 1 saturated heterocycles. The van der Waals surface area contributed by atoms with Crippen LogP contribution < -0.4 is 0 Å². The molecule has 1 aliphatic rings. The van der Waals surface area contributed by atoms with Gasteiger partial charge in [0.05, 0.1) is 12.2 Å². The molecule has 0 N–H and O–H groups in total. The third-order valence-corrected chi connectivity index (χ3v) is 5.53. The summed E-state index contributed by atoms with van der Waals surface area (Å²) in [5.41, 5.74) is 2.70. The van der Waals surface area contributed by atoms with E-state index in [1.54, 1.807) is 18.2 Å². The topological polar surface area (TPSA) is 51.0 Å². The Morgan fingerprint density at radius 2 is 1.74 bits per heavy atom. The lowest BCUT2D eigenvalue weighted by atomic mass is 10.1. The van der Waals surface area contributed by atoms with Crippen molar-refractivity contribution in [1.29, 1.82) is 0 Å². The highest BCUT2D eigenvalue weighted by Crippen LogP contribution is 2.27. The van der Waals surface area contributed by atoms with Crippen LogP contribution in [0.3, 0.4) is 0 Å². The fourth-order valence-electron chi connectivity index (χ4n) is 3.18. The number of nitrogens with zero attached hydrogens (tertiary/aromatic N) is 4. The Bertz CT molecular complexity index is 931. The fraction of sp³-hybridized carbons (Fsp3) is 0.250. The van der Waals surface area contributed by atoms with E-state index in [2.05, 4.69) is 10.3 Å². The number of carbonyl (C=O) groups is 1. The number of amides is 1. The number of aromatic nitrogens is 3. The summed E-state index contributed by atoms with van der Waals surface area (Å²) in [6.45, 7) is 1.29. The van der Waals surface area contributed by atoms with Gasteiger partial charge in [-0.15, -0.1) is 5.10 Å². The summed E-state index contributed by atoms with van der Waals surface area (Å²) in [7, 11) is 0. The maximum absolute atomic E-state index is 12.4. The van der Waals surface area contributed by atoms with E-state index in [4.69, 9.17) is 23.2 Å². The largest absolute Gasteiger partial charge is 0.338 e. The van der Waals surface area contributed by atoms with E-state index in [1.807, 2.05) is 46.1 Å². The van der Waals surface area contributed by atoms with E-state index < -0.39 is 0 Å². The van der Waals surface area contributed by atoms with E-state index in [-0.39, 0.29) is 11.9 Å². The van der Waals surface area contributed by atoms with Gasteiger partial charge in [0, 0.05) is 35.1 Å². The van der Waals surface area contributed by atoms with Crippen LogP contribution in [0.15, 0.2) is 54.7 Å². The second kappa shape index (κ2) is 7.71. The van der Waals surface area contributed by atoms with E-state index in [9.17, 15) is 4.79 Å². The van der Waals surface area contributed by atoms with E-state index in [1.165, 1.54) is 0 Å². The van der Waals surface area contributed by atoms with Gasteiger partial charge in [0.25, 0.3) is 0 Å². The summed E-state index contributed by atoms with van der Waals surface area (Å²) >= 11 is 12.3. The van der Waals surface area contributed by atoms with Gasteiger partial charge in [-0.25, -0.2) is 4.68 Å². The number of benzene rings is 2. The first-order chi connectivity index (χ1) is 13.1. The molecule has 0 atom stereocenters. The molecule has 138 valence electrons. The van der Waals surface area contributed by atoms with Gasteiger partial charge in [-0.1, -0.05) is 64.8 Å². The Morgan fingerprint density at radius 3 is 2.44 bits per heavy atom. The monoisotopic (exact) mass is 400 g/mol. The first-order valence-corrected chi connectivity index (χ1v) is 9.55. The van der Waals surface area contributed by atoms with Crippen LogP contribution in [0.4, 0.5) is 0 Å². The number of carbonyl (C=O) groups excluding carboxylic acids is 1. The molecule has 1 fully saturated rings. The molecule has 2 aromatic carbocycles. The molecule has 1 amide bonds. The van der Waals surface area contributed by atoms with Crippen LogP contribution in [-0.2, 0) is 11.2 Å². The number of hydrogen-bond acceptors (Lipinski definition) is 3. The summed E-state index contributed by atoms with van der Waals surface area (Å²) < 4.78 is 1.84. The Kier molecular flexibility index (Phi) is 5.14. The quantitative estimate of drug-likeness (QED) is 0.642. The Labute approximate surface area is 167 Å². The highest BCUT2D eigenvalue weighted by molar-refractivity contribution is 6.36. The molecule has 7 heteroatoms. The van der Waals surface area contributed by atoms with Gasteiger partial charge < -0.3 is 4.90 Å². The molecule has 0 aliphatic carbocycles. The predicted molar refractivity (Wildman–Crippen MR) is 106 cm³/mol. The van der Waals surface area contributed by atoms with Crippen molar-refractivity contribution in [3.8, 4) is 11.3 Å². The molecule has 0 saturated carbocycles. The number of rotatable bonds is 5. The maximum atomic E-state index is 12.4. The smallest absolute Gasteiger partial charge is 0.223 e. The molecule has 5 nitrogen and oxygen atoms in total. The second-order valence-corrected chi connectivity index (χ2v) is 7.42. The van der Waals surface area contributed by atoms with Crippen LogP contribution in [0.5, 0.6) is 0 Å². The summed E-state index contributed by atoms with van der Waals surface area (Å²) in [4.78, 5) is 14.3. The lowest BCUT2D eigenvalue weighted by Crippen LogP contribution is -2.51. The molecule has 27 heavy (non-hydrogen) atoms. The number of halogens is 2. The SMILES string of the molecule is O=C(CCc1c(Cl)cccc1Cl)N1CC(n2cc(-c3ccccc3)nn2)C1. The van der Waals surface area contributed by atoms with Crippen molar-refractivity contribution >= 4 is 29.1 Å². The maximum Gasteiger partial charge on any atom is 0.223 e. The van der Waals surface area contributed by atoms with Crippen molar-refractivity contribution in [2.45, 2.75) is 18.9 Å². The lowest BCUT2D eigenvalue weighted by Gasteiger charge is -2.39. The van der Waals surface area contributed by atoms with Crippen LogP contribution in [0.25, 0.3) is 11.3 Å². The van der Waals surface area contributed by atoms with Crippen LogP contribution >= 0.6 is 23.2 Å². The average molecular weight is 401 g/mol. The minimum Gasteiger partial charge on any atom is -0.338 e. The molecular weight excluding hydrogens is 383 g/mol. The van der Waals surface area contributed by atoms with Gasteiger partial charge in [0.15, 0.2) is 0 Å². The van der Waals surface area contributed by atoms with Crippen molar-refractivity contribution in [3.63, 3.8) is 0 Å². The fourth-order valence-corrected chi connectivity index (χ4v) is 3.77. The molecule has 0 spiro atoms. The molecule has 4 rings (SSSR count). The minimum absolute atomic E-state index is 0.102. The molecule has 1 aromatic heterocycles. The summed E-state index contributed by atoms with van der Waals surface area (Å²) in [6, 6.07) is 15.5. The predicted octanol–water partition coefficient (Wildman–Crippen LogP) is 4.27. The Morgan fingerprint density at radius 1 is 1.04 bits per heavy atom. The first kappa shape index (κ1) is 18.0. The third kappa shape index (κ3) is 3.84. The zero-order valence-corrected chi connectivity index (χ0v) is 16.1. The zero-order chi connectivity index (χ0) is 18.8. The lowest BCUT2D eigenvalue weighted by molar-refractivity contribution is -0.137. The summed E-state index contributed by atoms with van der Waals surface area (Å²) in [6.07, 6.45) is 2.87. The summed E-state index contributed by atoms with van der Waals surface area (Å²) in [5.74, 6) is 0.102. The van der Waals surface area contributed by atoms with Crippen molar-refractivity contribution in [2.75, 3.05) is 13.1 Å². The van der Waals surface area contributed by atoms with Gasteiger partial charge in [-0.3, -0.25) is 4.79 Å². The van der Waals surface area contributed by atoms with Gasteiger partial charge >= 0.3 is 0 Å². The Hall–Kier alpha value is -2.37. The minimum atomic E-state index is 0.102. The van der Waals surface area contributed by atoms with Crippen LogP contribution in [0.1, 0.15) is 18.0 Å². The molecular formula is C20H18Cl2N4O. The van der Waals surface area contributed by atoms with Gasteiger partial charge in [-0.2, -0.15) is 0 Å². The number of likely N-dealkylation sites (tertiary alicyclic amines) is 1. The van der Waals surface area contributed by atoms with Crippen molar-refractivity contribution in [1.82, 2.24) is 19.9 Å². The molecule has 1 aliphatic heterocycles. The standard InChI is InChI=1S/C20H18Cl2N4O/c21-17-7-4-8-18(22)16(17)9-10-20(27)25-11-15(12-25)26-13-19(23-24-26)14-5-2-1-3-6-14/h1-8,13,15H,9-12H2. The van der Waals surface area contributed by atoms with Gasteiger partial charge in [-0.05, 0) is 24.1 Å². The van der Waals surface area contributed by atoms with E-state index >= 15 is 0 Å². The van der Waals surface area contributed by atoms with E-state index in [0.717, 1.165) is 16.8 Å². The van der Waals surface area contributed by atoms with Gasteiger partial charge in [0.1, 0.15) is 5.69 Å². The zero-order valence-electron chi connectivity index (χ0n) is 14.6. The molecule has 0 unspecified atom stereocenters. The van der Waals surface area contributed by atoms with Gasteiger partial charge in [0.2, 0.25) is 5.91 Å². The number of hydrogen-bond donors (Lipinski definition) is 0. The summed E-state index contributed by atoms with van der Waals surface area (Å²) in [5, 5.41) is 9.66.